The van der Waals surface area contributed by atoms with E-state index < -0.39 is 0 Å². The van der Waals surface area contributed by atoms with Crippen LogP contribution in [0.15, 0.2) is 224 Å². The van der Waals surface area contributed by atoms with Crippen molar-refractivity contribution in [3.05, 3.63) is 224 Å². The molecule has 0 spiro atoms. The van der Waals surface area contributed by atoms with Crippen molar-refractivity contribution >= 4 is 86.3 Å². The van der Waals surface area contributed by atoms with Crippen LogP contribution in [0.3, 0.4) is 0 Å². The van der Waals surface area contributed by atoms with Gasteiger partial charge in [0.1, 0.15) is 0 Å². The highest BCUT2D eigenvalue weighted by molar-refractivity contribution is 6.33. The van der Waals surface area contributed by atoms with E-state index in [1.54, 1.807) is 0 Å². The molecule has 0 N–H and O–H groups in total. The molecule has 0 amide bonds. The zero-order valence-electron chi connectivity index (χ0n) is 33.8. The van der Waals surface area contributed by atoms with E-state index in [1.165, 1.54) is 114 Å². The van der Waals surface area contributed by atoms with Crippen molar-refractivity contribution in [1.82, 2.24) is 4.98 Å². The zero-order chi connectivity index (χ0) is 40.7. The van der Waals surface area contributed by atoms with Gasteiger partial charge < -0.3 is 0 Å². The van der Waals surface area contributed by atoms with Gasteiger partial charge in [-0.25, -0.2) is 4.98 Å². The van der Waals surface area contributed by atoms with E-state index in [0.717, 1.165) is 16.8 Å². The first-order chi connectivity index (χ1) is 30.8. The van der Waals surface area contributed by atoms with Crippen molar-refractivity contribution in [2.75, 3.05) is 0 Å². The van der Waals surface area contributed by atoms with Crippen LogP contribution in [-0.4, -0.2) is 4.98 Å². The molecule has 0 bridgehead atoms. The molecule has 62 heavy (non-hydrogen) atoms. The number of fused-ring (bicyclic) bond motifs is 12. The van der Waals surface area contributed by atoms with Crippen LogP contribution in [0.5, 0.6) is 0 Å². The fraction of sp³-hybridized carbons (Fsp3) is 0. The lowest BCUT2D eigenvalue weighted by Gasteiger charge is -2.20. The standard InChI is InChI=1S/C61H37N/c1-3-19-43-39(15-1)17-13-28-47(43)57-51-25-9-10-26-52(51)58(48-29-14-18-40-16-2-4-20-44(40)48)55-37-42(35-36-53(55)57)38-31-33-41(34-32-38)61-60-50-24-8-6-22-46(50)45-21-5-7-23-49(45)59(60)54-27-11-12-30-56(54)62-61/h1-37H. The lowest BCUT2D eigenvalue weighted by atomic mass is 9.83. The van der Waals surface area contributed by atoms with Gasteiger partial charge in [-0.05, 0) is 110 Å². The third kappa shape index (κ3) is 5.19. The summed E-state index contributed by atoms with van der Waals surface area (Å²) in [5.41, 5.74) is 10.5. The van der Waals surface area contributed by atoms with Crippen LogP contribution in [0.4, 0.5) is 0 Å². The minimum absolute atomic E-state index is 1.00. The van der Waals surface area contributed by atoms with Gasteiger partial charge >= 0.3 is 0 Å². The summed E-state index contributed by atoms with van der Waals surface area (Å²) >= 11 is 0. The SMILES string of the molecule is c1ccc2c(-c3c4ccccc4c(-c4cccc5ccccc45)c4cc(-c5ccc(-c6nc7ccccc7c7c8ccccc8c8ccccc8c67)cc5)ccc34)cccc2c1. The van der Waals surface area contributed by atoms with Crippen molar-refractivity contribution < 1.29 is 0 Å². The molecule has 12 aromatic carbocycles. The summed E-state index contributed by atoms with van der Waals surface area (Å²) in [5, 5.41) is 18.6. The topological polar surface area (TPSA) is 12.9 Å². The van der Waals surface area contributed by atoms with Gasteiger partial charge in [0.2, 0.25) is 0 Å². The van der Waals surface area contributed by atoms with Crippen molar-refractivity contribution in [3.8, 4) is 44.6 Å². The molecule has 1 nitrogen and oxygen atoms in total. The second kappa shape index (κ2) is 13.7. The molecular formula is C61H37N. The molecule has 0 aliphatic rings. The Kier molecular flexibility index (Phi) is 7.67. The third-order valence-electron chi connectivity index (χ3n) is 13.2. The molecule has 0 aliphatic carbocycles. The minimum atomic E-state index is 1.00. The largest absolute Gasteiger partial charge is 0.247 e. The fourth-order valence-corrected chi connectivity index (χ4v) is 10.5. The van der Waals surface area contributed by atoms with Gasteiger partial charge in [0, 0.05) is 21.7 Å². The molecule has 13 rings (SSSR count). The number of benzene rings is 12. The normalized spacial score (nSPS) is 11.9. The number of hydrogen-bond acceptors (Lipinski definition) is 1. The van der Waals surface area contributed by atoms with Crippen LogP contribution in [0.25, 0.3) is 131 Å². The molecule has 0 saturated heterocycles. The molecule has 1 heteroatoms. The maximum absolute atomic E-state index is 5.43. The summed E-state index contributed by atoms with van der Waals surface area (Å²) in [5.74, 6) is 0. The van der Waals surface area contributed by atoms with Gasteiger partial charge in [-0.1, -0.05) is 212 Å². The van der Waals surface area contributed by atoms with E-state index in [4.69, 9.17) is 4.98 Å². The molecule has 1 heterocycles. The summed E-state index contributed by atoms with van der Waals surface area (Å²) in [6.07, 6.45) is 0. The van der Waals surface area contributed by atoms with Gasteiger partial charge in [0.25, 0.3) is 0 Å². The van der Waals surface area contributed by atoms with E-state index in [2.05, 4.69) is 224 Å². The summed E-state index contributed by atoms with van der Waals surface area (Å²) in [6, 6.07) is 82.5. The predicted molar refractivity (Wildman–Crippen MR) is 266 cm³/mol. The van der Waals surface area contributed by atoms with Gasteiger partial charge in [-0.2, -0.15) is 0 Å². The lowest BCUT2D eigenvalue weighted by molar-refractivity contribution is 1.43. The first kappa shape index (κ1) is 34.7. The molecule has 0 aliphatic heterocycles. The van der Waals surface area contributed by atoms with E-state index in [1.807, 2.05) is 0 Å². The number of hydrogen-bond donors (Lipinski definition) is 0. The molecular weight excluding hydrogens is 747 g/mol. The van der Waals surface area contributed by atoms with Crippen LogP contribution < -0.4 is 0 Å². The van der Waals surface area contributed by atoms with Crippen LogP contribution in [0.1, 0.15) is 0 Å². The molecule has 0 atom stereocenters. The van der Waals surface area contributed by atoms with E-state index in [-0.39, 0.29) is 0 Å². The van der Waals surface area contributed by atoms with E-state index in [9.17, 15) is 0 Å². The molecule has 0 fully saturated rings. The van der Waals surface area contributed by atoms with Gasteiger partial charge in [0.15, 0.2) is 0 Å². The first-order valence-corrected chi connectivity index (χ1v) is 21.5. The number of pyridine rings is 1. The minimum Gasteiger partial charge on any atom is -0.247 e. The quantitative estimate of drug-likeness (QED) is 0.128. The highest BCUT2D eigenvalue weighted by Crippen LogP contribution is 2.48. The monoisotopic (exact) mass is 783 g/mol. The maximum Gasteiger partial charge on any atom is 0.0794 e. The average Bonchev–Trinajstić information content (AvgIpc) is 3.35. The summed E-state index contributed by atoms with van der Waals surface area (Å²) in [7, 11) is 0. The molecule has 0 saturated carbocycles. The number of para-hydroxylation sites is 1. The Morgan fingerprint density at radius 3 is 1.27 bits per heavy atom. The lowest BCUT2D eigenvalue weighted by Crippen LogP contribution is -1.94. The maximum atomic E-state index is 5.43. The third-order valence-corrected chi connectivity index (χ3v) is 13.2. The Bertz CT molecular complexity index is 3960. The van der Waals surface area contributed by atoms with Gasteiger partial charge in [-0.15, -0.1) is 0 Å². The Hall–Kier alpha value is -8.13. The average molecular weight is 784 g/mol. The molecule has 286 valence electrons. The molecule has 1 aromatic heterocycles. The Balaban J connectivity index is 1.06. The Morgan fingerprint density at radius 1 is 0.242 bits per heavy atom. The fourth-order valence-electron chi connectivity index (χ4n) is 10.5. The Labute approximate surface area is 358 Å². The summed E-state index contributed by atoms with van der Waals surface area (Å²) in [6.45, 7) is 0. The summed E-state index contributed by atoms with van der Waals surface area (Å²) in [4.78, 5) is 5.43. The van der Waals surface area contributed by atoms with Crippen LogP contribution >= 0.6 is 0 Å². The van der Waals surface area contributed by atoms with Gasteiger partial charge in [-0.3, -0.25) is 0 Å². The molecule has 13 aromatic rings. The highest BCUT2D eigenvalue weighted by atomic mass is 14.7. The van der Waals surface area contributed by atoms with Crippen LogP contribution in [-0.2, 0) is 0 Å². The van der Waals surface area contributed by atoms with Crippen molar-refractivity contribution in [2.24, 2.45) is 0 Å². The van der Waals surface area contributed by atoms with Crippen molar-refractivity contribution in [2.45, 2.75) is 0 Å². The highest BCUT2D eigenvalue weighted by Gasteiger charge is 2.21. The van der Waals surface area contributed by atoms with E-state index in [0.29, 0.717) is 0 Å². The predicted octanol–water partition coefficient (Wildman–Crippen LogP) is 17.0. The van der Waals surface area contributed by atoms with Gasteiger partial charge in [0.05, 0.1) is 11.2 Å². The smallest absolute Gasteiger partial charge is 0.0794 e. The van der Waals surface area contributed by atoms with Crippen LogP contribution in [0, 0.1) is 0 Å². The zero-order valence-corrected chi connectivity index (χ0v) is 33.8. The van der Waals surface area contributed by atoms with Crippen LogP contribution in [0.2, 0.25) is 0 Å². The second-order valence-electron chi connectivity index (χ2n) is 16.5. The number of rotatable bonds is 4. The second-order valence-corrected chi connectivity index (χ2v) is 16.5. The molecule has 0 radical (unpaired) electrons. The van der Waals surface area contributed by atoms with E-state index >= 15 is 0 Å². The first-order valence-electron chi connectivity index (χ1n) is 21.5. The molecule has 0 unspecified atom stereocenters. The number of nitrogens with zero attached hydrogens (tertiary/aromatic N) is 1. The summed E-state index contributed by atoms with van der Waals surface area (Å²) < 4.78 is 0. The number of aromatic nitrogens is 1. The van der Waals surface area contributed by atoms with Crippen molar-refractivity contribution in [3.63, 3.8) is 0 Å². The van der Waals surface area contributed by atoms with Crippen molar-refractivity contribution in [1.29, 1.82) is 0 Å². The Morgan fingerprint density at radius 2 is 0.661 bits per heavy atom.